The molecule has 2 nitrogen and oxygen atoms in total. The van der Waals surface area contributed by atoms with Crippen molar-refractivity contribution in [1.29, 1.82) is 0 Å². The summed E-state index contributed by atoms with van der Waals surface area (Å²) in [5.41, 5.74) is 7.36. The molecule has 0 saturated carbocycles. The molecule has 106 valence electrons. The number of hydrogen-bond donors (Lipinski definition) is 1. The van der Waals surface area contributed by atoms with Crippen molar-refractivity contribution in [3.05, 3.63) is 58.6 Å². The molecule has 2 aromatic rings. The number of hydrogen-bond acceptors (Lipinski definition) is 3. The Kier molecular flexibility index (Phi) is 5.95. The number of benzene rings is 2. The summed E-state index contributed by atoms with van der Waals surface area (Å²) in [6, 6.07) is 16.2. The van der Waals surface area contributed by atoms with Crippen molar-refractivity contribution >= 4 is 27.7 Å². The van der Waals surface area contributed by atoms with Crippen LogP contribution in [-0.2, 0) is 0 Å². The first kappa shape index (κ1) is 15.4. The maximum atomic E-state index is 6.29. The van der Waals surface area contributed by atoms with Crippen molar-refractivity contribution in [3.63, 3.8) is 0 Å². The summed E-state index contributed by atoms with van der Waals surface area (Å²) in [6.45, 7) is 2.64. The Morgan fingerprint density at radius 1 is 1.15 bits per heavy atom. The molecule has 1 unspecified atom stereocenters. The Morgan fingerprint density at radius 3 is 2.55 bits per heavy atom. The lowest BCUT2D eigenvalue weighted by atomic mass is 10.1. The van der Waals surface area contributed by atoms with Crippen LogP contribution in [0.1, 0.15) is 18.5 Å². The third kappa shape index (κ3) is 4.27. The van der Waals surface area contributed by atoms with Gasteiger partial charge in [-0.05, 0) is 37.3 Å². The van der Waals surface area contributed by atoms with Crippen molar-refractivity contribution in [3.8, 4) is 5.75 Å². The molecule has 0 heterocycles. The van der Waals surface area contributed by atoms with Crippen LogP contribution in [0.3, 0.4) is 0 Å². The Labute approximate surface area is 132 Å². The normalized spacial score (nSPS) is 12.2. The highest BCUT2D eigenvalue weighted by atomic mass is 79.9. The van der Waals surface area contributed by atoms with Crippen LogP contribution in [-0.4, -0.2) is 12.4 Å². The molecule has 0 spiro atoms. The first-order chi connectivity index (χ1) is 9.70. The van der Waals surface area contributed by atoms with Gasteiger partial charge in [-0.2, -0.15) is 0 Å². The molecule has 0 aliphatic carbocycles. The topological polar surface area (TPSA) is 35.2 Å². The summed E-state index contributed by atoms with van der Waals surface area (Å²) < 4.78 is 6.72. The highest BCUT2D eigenvalue weighted by Gasteiger charge is 2.12. The van der Waals surface area contributed by atoms with E-state index < -0.39 is 0 Å². The maximum absolute atomic E-state index is 6.29. The van der Waals surface area contributed by atoms with Gasteiger partial charge in [0, 0.05) is 26.7 Å². The first-order valence-electron chi connectivity index (χ1n) is 6.56. The average Bonchev–Trinajstić information content (AvgIpc) is 2.47. The van der Waals surface area contributed by atoms with E-state index in [1.165, 1.54) is 4.90 Å². The molecule has 0 aliphatic heterocycles. The molecule has 2 aromatic carbocycles. The largest absolute Gasteiger partial charge is 0.494 e. The van der Waals surface area contributed by atoms with E-state index >= 15 is 0 Å². The van der Waals surface area contributed by atoms with Crippen molar-refractivity contribution in [2.24, 2.45) is 5.73 Å². The second-order valence-corrected chi connectivity index (χ2v) is 6.35. The summed E-state index contributed by atoms with van der Waals surface area (Å²) >= 11 is 5.20. The second kappa shape index (κ2) is 7.72. The van der Waals surface area contributed by atoms with Crippen LogP contribution in [0.2, 0.25) is 0 Å². The molecule has 0 amide bonds. The molecule has 0 bridgehead atoms. The molecule has 0 saturated heterocycles. The minimum absolute atomic E-state index is 0.0357. The van der Waals surface area contributed by atoms with Gasteiger partial charge < -0.3 is 10.5 Å². The van der Waals surface area contributed by atoms with Crippen LogP contribution in [0.5, 0.6) is 5.75 Å². The maximum Gasteiger partial charge on any atom is 0.124 e. The summed E-state index contributed by atoms with van der Waals surface area (Å²) in [5.74, 6) is 1.71. The monoisotopic (exact) mass is 351 g/mol. The van der Waals surface area contributed by atoms with Gasteiger partial charge in [0.05, 0.1) is 6.61 Å². The molecule has 1 atom stereocenters. The Bertz CT molecular complexity index is 544. The fraction of sp³-hybridized carbons (Fsp3) is 0.250. The van der Waals surface area contributed by atoms with Gasteiger partial charge in [0.1, 0.15) is 5.75 Å². The van der Waals surface area contributed by atoms with E-state index in [0.29, 0.717) is 6.61 Å². The van der Waals surface area contributed by atoms with Crippen LogP contribution in [0.25, 0.3) is 0 Å². The minimum atomic E-state index is -0.0357. The molecule has 0 radical (unpaired) electrons. The van der Waals surface area contributed by atoms with Gasteiger partial charge >= 0.3 is 0 Å². The predicted octanol–water partition coefficient (Wildman–Crippen LogP) is 4.64. The molecular weight excluding hydrogens is 334 g/mol. The predicted molar refractivity (Wildman–Crippen MR) is 89.4 cm³/mol. The summed E-state index contributed by atoms with van der Waals surface area (Å²) in [7, 11) is 0. The number of nitrogens with two attached hydrogens (primary N) is 1. The van der Waals surface area contributed by atoms with Crippen molar-refractivity contribution < 1.29 is 4.74 Å². The lowest BCUT2D eigenvalue weighted by molar-refractivity contribution is 0.335. The summed E-state index contributed by atoms with van der Waals surface area (Å²) in [4.78, 5) is 1.22. The zero-order valence-corrected chi connectivity index (χ0v) is 13.8. The SMILES string of the molecule is CCOc1ccccc1C(N)CSc1ccc(Br)cc1. The molecule has 2 rings (SSSR count). The van der Waals surface area contributed by atoms with Crippen molar-refractivity contribution in [1.82, 2.24) is 0 Å². The van der Waals surface area contributed by atoms with Gasteiger partial charge in [0.2, 0.25) is 0 Å². The fourth-order valence-corrected chi connectivity index (χ4v) is 3.02. The minimum Gasteiger partial charge on any atom is -0.494 e. The van der Waals surface area contributed by atoms with Gasteiger partial charge in [0.25, 0.3) is 0 Å². The second-order valence-electron chi connectivity index (χ2n) is 4.34. The van der Waals surface area contributed by atoms with Gasteiger partial charge in [-0.1, -0.05) is 34.1 Å². The van der Waals surface area contributed by atoms with Crippen LogP contribution < -0.4 is 10.5 Å². The van der Waals surface area contributed by atoms with E-state index in [4.69, 9.17) is 10.5 Å². The number of thioether (sulfide) groups is 1. The van der Waals surface area contributed by atoms with Crippen LogP contribution in [0, 0.1) is 0 Å². The average molecular weight is 352 g/mol. The van der Waals surface area contributed by atoms with E-state index in [0.717, 1.165) is 21.5 Å². The van der Waals surface area contributed by atoms with Crippen LogP contribution >= 0.6 is 27.7 Å². The zero-order valence-electron chi connectivity index (χ0n) is 11.4. The highest BCUT2D eigenvalue weighted by molar-refractivity contribution is 9.10. The van der Waals surface area contributed by atoms with Gasteiger partial charge in [-0.3, -0.25) is 0 Å². The smallest absolute Gasteiger partial charge is 0.124 e. The number of ether oxygens (including phenoxy) is 1. The lowest BCUT2D eigenvalue weighted by Crippen LogP contribution is -2.14. The third-order valence-corrected chi connectivity index (χ3v) is 4.52. The highest BCUT2D eigenvalue weighted by Crippen LogP contribution is 2.29. The van der Waals surface area contributed by atoms with E-state index in [2.05, 4.69) is 28.1 Å². The number of para-hydroxylation sites is 1. The van der Waals surface area contributed by atoms with Crippen LogP contribution in [0.15, 0.2) is 57.9 Å². The van der Waals surface area contributed by atoms with Crippen molar-refractivity contribution in [2.75, 3.05) is 12.4 Å². The quantitative estimate of drug-likeness (QED) is 0.770. The zero-order chi connectivity index (χ0) is 14.4. The molecular formula is C16H18BrNOS. The first-order valence-corrected chi connectivity index (χ1v) is 8.34. The van der Waals surface area contributed by atoms with E-state index in [1.54, 1.807) is 11.8 Å². The molecule has 0 fully saturated rings. The summed E-state index contributed by atoms with van der Waals surface area (Å²) in [5, 5.41) is 0. The molecule has 20 heavy (non-hydrogen) atoms. The molecule has 0 aliphatic rings. The van der Waals surface area contributed by atoms with Gasteiger partial charge in [-0.15, -0.1) is 11.8 Å². The van der Waals surface area contributed by atoms with Crippen molar-refractivity contribution in [2.45, 2.75) is 17.9 Å². The fourth-order valence-electron chi connectivity index (χ4n) is 1.88. The Balaban J connectivity index is 2.01. The Hall–Kier alpha value is -0.970. The summed E-state index contributed by atoms with van der Waals surface area (Å²) in [6.07, 6.45) is 0. The van der Waals surface area contributed by atoms with Gasteiger partial charge in [-0.25, -0.2) is 0 Å². The molecule has 0 aromatic heterocycles. The lowest BCUT2D eigenvalue weighted by Gasteiger charge is -2.16. The Morgan fingerprint density at radius 2 is 1.85 bits per heavy atom. The van der Waals surface area contributed by atoms with Crippen LogP contribution in [0.4, 0.5) is 0 Å². The third-order valence-electron chi connectivity index (χ3n) is 2.86. The molecule has 4 heteroatoms. The number of halogens is 1. The molecule has 2 N–H and O–H groups in total. The number of rotatable bonds is 6. The van der Waals surface area contributed by atoms with E-state index in [1.807, 2.05) is 43.3 Å². The van der Waals surface area contributed by atoms with E-state index in [9.17, 15) is 0 Å². The van der Waals surface area contributed by atoms with Gasteiger partial charge in [0.15, 0.2) is 0 Å². The van der Waals surface area contributed by atoms with E-state index in [-0.39, 0.29) is 6.04 Å². The standard InChI is InChI=1S/C16H18BrNOS/c1-2-19-16-6-4-3-5-14(16)15(18)11-20-13-9-7-12(17)8-10-13/h3-10,15H,2,11,18H2,1H3.